The van der Waals surface area contributed by atoms with Crippen molar-refractivity contribution in [3.05, 3.63) is 83.4 Å². The standard InChI is InChI=1S/C26H28N4O2/c1-18-5-9-20(10-6-18)25(31)27-22-13-14-24(30-15-3-4-16-30)23(17-22)29-26(32)28-21-11-7-19(2)8-12-21/h5-14,17H,3-4,15-16H2,1-2H3,(H,27,31)(H2,28,29,32). The largest absolute Gasteiger partial charge is 0.370 e. The first-order chi connectivity index (χ1) is 15.5. The Kier molecular flexibility index (Phi) is 6.40. The molecule has 1 aliphatic heterocycles. The molecule has 0 unspecified atom stereocenters. The Labute approximate surface area is 188 Å². The van der Waals surface area contributed by atoms with Crippen molar-refractivity contribution in [3.8, 4) is 0 Å². The molecule has 4 rings (SSSR count). The summed E-state index contributed by atoms with van der Waals surface area (Å²) in [6.45, 7) is 5.88. The van der Waals surface area contributed by atoms with E-state index < -0.39 is 0 Å². The topological polar surface area (TPSA) is 73.5 Å². The van der Waals surface area contributed by atoms with Gasteiger partial charge < -0.3 is 20.9 Å². The van der Waals surface area contributed by atoms with Crippen molar-refractivity contribution in [1.82, 2.24) is 0 Å². The molecule has 0 bridgehead atoms. The molecular weight excluding hydrogens is 400 g/mol. The summed E-state index contributed by atoms with van der Waals surface area (Å²) in [7, 11) is 0. The highest BCUT2D eigenvalue weighted by atomic mass is 16.2. The van der Waals surface area contributed by atoms with Crippen LogP contribution in [0.1, 0.15) is 34.3 Å². The van der Waals surface area contributed by atoms with Crippen LogP contribution in [0.5, 0.6) is 0 Å². The zero-order valence-corrected chi connectivity index (χ0v) is 18.4. The summed E-state index contributed by atoms with van der Waals surface area (Å²) in [5, 5.41) is 8.78. The second-order valence-electron chi connectivity index (χ2n) is 8.19. The first kappa shape index (κ1) is 21.4. The van der Waals surface area contributed by atoms with E-state index in [1.165, 1.54) is 0 Å². The summed E-state index contributed by atoms with van der Waals surface area (Å²) < 4.78 is 0. The number of urea groups is 1. The van der Waals surface area contributed by atoms with Gasteiger partial charge in [0, 0.05) is 30.0 Å². The molecule has 0 radical (unpaired) electrons. The first-order valence-electron chi connectivity index (χ1n) is 10.9. The SMILES string of the molecule is Cc1ccc(NC(=O)Nc2cc(NC(=O)c3ccc(C)cc3)ccc2N2CCCC2)cc1. The number of nitrogens with one attached hydrogen (secondary N) is 3. The van der Waals surface area contributed by atoms with E-state index in [0.717, 1.165) is 48.4 Å². The van der Waals surface area contributed by atoms with Gasteiger partial charge in [0.15, 0.2) is 0 Å². The number of hydrogen-bond acceptors (Lipinski definition) is 3. The summed E-state index contributed by atoms with van der Waals surface area (Å²) in [6, 6.07) is 20.4. The quantitative estimate of drug-likeness (QED) is 0.481. The summed E-state index contributed by atoms with van der Waals surface area (Å²) in [6.07, 6.45) is 2.25. The van der Waals surface area contributed by atoms with E-state index in [2.05, 4.69) is 20.9 Å². The predicted molar refractivity (Wildman–Crippen MR) is 131 cm³/mol. The van der Waals surface area contributed by atoms with E-state index in [9.17, 15) is 9.59 Å². The number of carbonyl (C=O) groups excluding carboxylic acids is 2. The first-order valence-corrected chi connectivity index (χ1v) is 10.9. The molecular formula is C26H28N4O2. The van der Waals surface area contributed by atoms with E-state index in [1.54, 1.807) is 12.1 Å². The van der Waals surface area contributed by atoms with Crippen LogP contribution in [0.25, 0.3) is 0 Å². The Morgan fingerprint density at radius 3 is 1.97 bits per heavy atom. The molecule has 6 heteroatoms. The molecule has 1 saturated heterocycles. The van der Waals surface area contributed by atoms with E-state index in [0.29, 0.717) is 16.9 Å². The zero-order valence-electron chi connectivity index (χ0n) is 18.4. The fraction of sp³-hybridized carbons (Fsp3) is 0.231. The number of carbonyl (C=O) groups is 2. The lowest BCUT2D eigenvalue weighted by molar-refractivity contribution is 0.102. The van der Waals surface area contributed by atoms with Gasteiger partial charge in [-0.15, -0.1) is 0 Å². The molecule has 0 saturated carbocycles. The molecule has 164 valence electrons. The Bertz CT molecular complexity index is 1100. The molecule has 1 heterocycles. The number of anilines is 4. The Balaban J connectivity index is 1.53. The van der Waals surface area contributed by atoms with Crippen molar-refractivity contribution >= 4 is 34.7 Å². The predicted octanol–water partition coefficient (Wildman–Crippen LogP) is 5.80. The number of hydrogen-bond donors (Lipinski definition) is 3. The van der Waals surface area contributed by atoms with Crippen LogP contribution in [0.15, 0.2) is 66.7 Å². The van der Waals surface area contributed by atoms with Crippen LogP contribution in [-0.4, -0.2) is 25.0 Å². The maximum atomic E-state index is 12.7. The normalized spacial score (nSPS) is 13.0. The minimum Gasteiger partial charge on any atom is -0.370 e. The van der Waals surface area contributed by atoms with Gasteiger partial charge in [0.25, 0.3) is 5.91 Å². The van der Waals surface area contributed by atoms with Gasteiger partial charge in [0.1, 0.15) is 0 Å². The maximum absolute atomic E-state index is 12.7. The van der Waals surface area contributed by atoms with E-state index in [-0.39, 0.29) is 11.9 Å². The smallest absolute Gasteiger partial charge is 0.323 e. The molecule has 0 spiro atoms. The highest BCUT2D eigenvalue weighted by Crippen LogP contribution is 2.32. The van der Waals surface area contributed by atoms with Crippen molar-refractivity contribution in [2.75, 3.05) is 33.9 Å². The van der Waals surface area contributed by atoms with Gasteiger partial charge in [-0.05, 0) is 69.2 Å². The van der Waals surface area contributed by atoms with E-state index in [4.69, 9.17) is 0 Å². The second-order valence-corrected chi connectivity index (χ2v) is 8.19. The molecule has 6 nitrogen and oxygen atoms in total. The van der Waals surface area contributed by atoms with Gasteiger partial charge in [0.2, 0.25) is 0 Å². The van der Waals surface area contributed by atoms with E-state index in [1.807, 2.05) is 68.4 Å². The van der Waals surface area contributed by atoms with Crippen LogP contribution in [0, 0.1) is 13.8 Å². The van der Waals surface area contributed by atoms with Gasteiger partial charge in [-0.2, -0.15) is 0 Å². The third kappa shape index (κ3) is 5.27. The highest BCUT2D eigenvalue weighted by Gasteiger charge is 2.18. The van der Waals surface area contributed by atoms with Crippen LogP contribution in [0.2, 0.25) is 0 Å². The van der Waals surface area contributed by atoms with Crippen LogP contribution < -0.4 is 20.9 Å². The van der Waals surface area contributed by atoms with Crippen molar-refractivity contribution in [2.24, 2.45) is 0 Å². The summed E-state index contributed by atoms with van der Waals surface area (Å²) in [4.78, 5) is 27.6. The van der Waals surface area contributed by atoms with Crippen molar-refractivity contribution in [1.29, 1.82) is 0 Å². The molecule has 0 aromatic heterocycles. The van der Waals surface area contributed by atoms with Crippen LogP contribution in [-0.2, 0) is 0 Å². The summed E-state index contributed by atoms with van der Waals surface area (Å²) in [5.74, 6) is -0.186. The minimum absolute atomic E-state index is 0.186. The lowest BCUT2D eigenvalue weighted by Crippen LogP contribution is -2.24. The Hall–Kier alpha value is -3.80. The van der Waals surface area contributed by atoms with Gasteiger partial charge in [0.05, 0.1) is 11.4 Å². The maximum Gasteiger partial charge on any atom is 0.323 e. The Morgan fingerprint density at radius 1 is 0.719 bits per heavy atom. The number of nitrogens with zero attached hydrogens (tertiary/aromatic N) is 1. The fourth-order valence-electron chi connectivity index (χ4n) is 3.78. The molecule has 3 aromatic rings. The van der Waals surface area contributed by atoms with Gasteiger partial charge >= 0.3 is 6.03 Å². The average molecular weight is 429 g/mol. The Morgan fingerprint density at radius 2 is 1.31 bits per heavy atom. The summed E-state index contributed by atoms with van der Waals surface area (Å²) >= 11 is 0. The van der Waals surface area contributed by atoms with Crippen molar-refractivity contribution < 1.29 is 9.59 Å². The molecule has 3 amide bonds. The molecule has 3 aromatic carbocycles. The third-order valence-electron chi connectivity index (χ3n) is 5.57. The molecule has 1 fully saturated rings. The van der Waals surface area contributed by atoms with Gasteiger partial charge in [-0.1, -0.05) is 35.4 Å². The van der Waals surface area contributed by atoms with Gasteiger partial charge in [-0.3, -0.25) is 4.79 Å². The monoisotopic (exact) mass is 428 g/mol. The molecule has 0 aliphatic carbocycles. The number of rotatable bonds is 5. The summed E-state index contributed by atoms with van der Waals surface area (Å²) in [5.41, 5.74) is 5.79. The van der Waals surface area contributed by atoms with Gasteiger partial charge in [-0.25, -0.2) is 4.79 Å². The molecule has 3 N–H and O–H groups in total. The van der Waals surface area contributed by atoms with E-state index >= 15 is 0 Å². The minimum atomic E-state index is -0.323. The van der Waals surface area contributed by atoms with Crippen LogP contribution in [0.4, 0.5) is 27.5 Å². The highest BCUT2D eigenvalue weighted by molar-refractivity contribution is 6.06. The molecule has 32 heavy (non-hydrogen) atoms. The van der Waals surface area contributed by atoms with Crippen LogP contribution >= 0.6 is 0 Å². The lowest BCUT2D eigenvalue weighted by Gasteiger charge is -2.22. The third-order valence-corrected chi connectivity index (χ3v) is 5.57. The van der Waals surface area contributed by atoms with Crippen molar-refractivity contribution in [2.45, 2.75) is 26.7 Å². The lowest BCUT2D eigenvalue weighted by atomic mass is 10.1. The molecule has 0 atom stereocenters. The number of amides is 3. The number of benzene rings is 3. The van der Waals surface area contributed by atoms with Crippen LogP contribution in [0.3, 0.4) is 0 Å². The molecule has 1 aliphatic rings. The average Bonchev–Trinajstić information content (AvgIpc) is 3.30. The second kappa shape index (κ2) is 9.56. The zero-order chi connectivity index (χ0) is 22.5. The number of aryl methyl sites for hydroxylation is 2. The fourth-order valence-corrected chi connectivity index (χ4v) is 3.78. The van der Waals surface area contributed by atoms with Crippen molar-refractivity contribution in [3.63, 3.8) is 0 Å².